The molecular formula is C14H19O7P. The van der Waals surface area contributed by atoms with Crippen molar-refractivity contribution >= 4 is 13.3 Å². The molecule has 3 unspecified atom stereocenters. The van der Waals surface area contributed by atoms with Crippen molar-refractivity contribution in [1.82, 2.24) is 0 Å². The summed E-state index contributed by atoms with van der Waals surface area (Å²) in [6.45, 7) is 1.24. The van der Waals surface area contributed by atoms with Gasteiger partial charge in [0.15, 0.2) is 17.8 Å². The van der Waals surface area contributed by atoms with Gasteiger partial charge in [-0.15, -0.1) is 0 Å². The monoisotopic (exact) mass is 330 g/mol. The van der Waals surface area contributed by atoms with Crippen LogP contribution < -0.4 is 0 Å². The summed E-state index contributed by atoms with van der Waals surface area (Å²) < 4.78 is 28.2. The number of esters is 1. The van der Waals surface area contributed by atoms with Crippen LogP contribution >= 0.6 is 7.37 Å². The third-order valence-electron chi connectivity index (χ3n) is 3.50. The fraction of sp³-hybridized carbons (Fsp3) is 0.500. The number of rotatable bonds is 5. The zero-order chi connectivity index (χ0) is 16.3. The van der Waals surface area contributed by atoms with Crippen LogP contribution in [0.25, 0.3) is 0 Å². The lowest BCUT2D eigenvalue weighted by Gasteiger charge is -2.24. The first-order valence-corrected chi connectivity index (χ1v) is 8.50. The van der Waals surface area contributed by atoms with E-state index in [1.165, 1.54) is 0 Å². The highest BCUT2D eigenvalue weighted by molar-refractivity contribution is 7.60. The van der Waals surface area contributed by atoms with Gasteiger partial charge >= 0.3 is 5.97 Å². The van der Waals surface area contributed by atoms with Crippen molar-refractivity contribution in [2.45, 2.75) is 37.4 Å². The SMILES string of the molecule is COP1(=O)C(O)C(O)[C@H](OC(C)=O)[C@H]1OCc1ccccc1. The van der Waals surface area contributed by atoms with E-state index >= 15 is 0 Å². The molecule has 122 valence electrons. The summed E-state index contributed by atoms with van der Waals surface area (Å²) in [5.74, 6) is -3.57. The number of carbonyl (C=O) groups is 1. The highest BCUT2D eigenvalue weighted by Gasteiger charge is 2.61. The van der Waals surface area contributed by atoms with E-state index in [9.17, 15) is 19.6 Å². The molecule has 0 spiro atoms. The Morgan fingerprint density at radius 2 is 1.91 bits per heavy atom. The molecule has 1 aliphatic heterocycles. The van der Waals surface area contributed by atoms with Crippen molar-refractivity contribution < 1.29 is 33.6 Å². The molecule has 1 saturated heterocycles. The van der Waals surface area contributed by atoms with Gasteiger partial charge in [-0.3, -0.25) is 9.36 Å². The summed E-state index contributed by atoms with van der Waals surface area (Å²) in [5.41, 5.74) is 0.808. The van der Waals surface area contributed by atoms with Crippen LogP contribution in [0.1, 0.15) is 12.5 Å². The van der Waals surface area contributed by atoms with E-state index in [1.54, 1.807) is 12.1 Å². The van der Waals surface area contributed by atoms with Crippen molar-refractivity contribution in [1.29, 1.82) is 0 Å². The molecule has 1 aromatic carbocycles. The Kier molecular flexibility index (Phi) is 5.36. The van der Waals surface area contributed by atoms with Gasteiger partial charge in [0.05, 0.1) is 6.61 Å². The van der Waals surface area contributed by atoms with E-state index in [1.807, 2.05) is 18.2 Å². The summed E-state index contributed by atoms with van der Waals surface area (Å²) in [4.78, 5) is 11.2. The number of benzene rings is 1. The average Bonchev–Trinajstić information content (AvgIpc) is 2.68. The van der Waals surface area contributed by atoms with Crippen LogP contribution in [0.3, 0.4) is 0 Å². The Balaban J connectivity index is 2.21. The molecule has 1 fully saturated rings. The van der Waals surface area contributed by atoms with Crippen molar-refractivity contribution in [2.75, 3.05) is 7.11 Å². The third-order valence-corrected chi connectivity index (χ3v) is 6.26. The molecule has 0 saturated carbocycles. The minimum Gasteiger partial charge on any atom is -0.456 e. The van der Waals surface area contributed by atoms with Crippen molar-refractivity contribution in [2.24, 2.45) is 0 Å². The van der Waals surface area contributed by atoms with Gasteiger partial charge in [0.2, 0.25) is 0 Å². The fourth-order valence-corrected chi connectivity index (χ4v) is 4.64. The molecule has 0 bridgehead atoms. The number of hydrogen-bond acceptors (Lipinski definition) is 7. The highest BCUT2D eigenvalue weighted by Crippen LogP contribution is 2.63. The number of carbonyl (C=O) groups excluding carboxylic acids is 1. The molecule has 0 aromatic heterocycles. The van der Waals surface area contributed by atoms with Gasteiger partial charge in [-0.1, -0.05) is 30.3 Å². The molecule has 1 heterocycles. The summed E-state index contributed by atoms with van der Waals surface area (Å²) >= 11 is 0. The molecule has 0 amide bonds. The van der Waals surface area contributed by atoms with Crippen molar-refractivity contribution in [3.05, 3.63) is 35.9 Å². The zero-order valence-electron chi connectivity index (χ0n) is 12.3. The van der Waals surface area contributed by atoms with Gasteiger partial charge in [-0.25, -0.2) is 0 Å². The lowest BCUT2D eigenvalue weighted by Crippen LogP contribution is -2.37. The van der Waals surface area contributed by atoms with Crippen LogP contribution in [0.15, 0.2) is 30.3 Å². The molecule has 0 radical (unpaired) electrons. The number of aliphatic hydroxyl groups excluding tert-OH is 2. The Morgan fingerprint density at radius 3 is 2.45 bits per heavy atom. The van der Waals surface area contributed by atoms with Crippen molar-refractivity contribution in [3.63, 3.8) is 0 Å². The molecule has 2 N–H and O–H groups in total. The standard InChI is InChI=1S/C14H19O7P/c1-9(15)21-12-11(16)13(17)22(18,19-2)14(12)20-8-10-6-4-3-5-7-10/h3-7,11-14,16-17H,8H2,1-2H3/t11?,12-,13?,14-,22?/m0/s1. The van der Waals surface area contributed by atoms with Crippen LogP contribution in [-0.4, -0.2) is 47.2 Å². The fourth-order valence-electron chi connectivity index (χ4n) is 2.39. The van der Waals surface area contributed by atoms with Crippen LogP contribution in [0, 0.1) is 0 Å². The second kappa shape index (κ2) is 6.89. The van der Waals surface area contributed by atoms with Gasteiger partial charge in [0.1, 0.15) is 6.10 Å². The maximum absolute atomic E-state index is 12.7. The van der Waals surface area contributed by atoms with Gasteiger partial charge in [0, 0.05) is 14.0 Å². The third kappa shape index (κ3) is 3.24. The summed E-state index contributed by atoms with van der Waals surface area (Å²) in [6, 6.07) is 9.09. The predicted octanol–water partition coefficient (Wildman–Crippen LogP) is 1.08. The quantitative estimate of drug-likeness (QED) is 0.615. The van der Waals surface area contributed by atoms with E-state index in [0.717, 1.165) is 19.6 Å². The lowest BCUT2D eigenvalue weighted by atomic mass is 10.2. The van der Waals surface area contributed by atoms with Gasteiger partial charge < -0.3 is 24.2 Å². The topological polar surface area (TPSA) is 102 Å². The summed E-state index contributed by atoms with van der Waals surface area (Å²) in [5, 5.41) is 19.9. The minimum absolute atomic E-state index is 0.0794. The molecule has 1 aromatic rings. The maximum Gasteiger partial charge on any atom is 0.303 e. The Hall–Kier alpha value is -1.24. The Morgan fingerprint density at radius 1 is 1.27 bits per heavy atom. The van der Waals surface area contributed by atoms with Crippen LogP contribution in [0.5, 0.6) is 0 Å². The number of aliphatic hydroxyl groups is 2. The lowest BCUT2D eigenvalue weighted by molar-refractivity contribution is -0.160. The molecule has 1 aliphatic rings. The first-order valence-electron chi connectivity index (χ1n) is 6.74. The van der Waals surface area contributed by atoms with Crippen LogP contribution in [0.2, 0.25) is 0 Å². The summed E-state index contributed by atoms with van der Waals surface area (Å²) in [7, 11) is -2.59. The molecule has 5 atom stereocenters. The van der Waals surface area contributed by atoms with E-state index < -0.39 is 37.2 Å². The van der Waals surface area contributed by atoms with Crippen LogP contribution in [0.4, 0.5) is 0 Å². The van der Waals surface area contributed by atoms with E-state index in [2.05, 4.69) is 0 Å². The molecule has 7 nitrogen and oxygen atoms in total. The minimum atomic E-state index is -3.75. The molecule has 8 heteroatoms. The molecular weight excluding hydrogens is 311 g/mol. The zero-order valence-corrected chi connectivity index (χ0v) is 13.2. The highest BCUT2D eigenvalue weighted by atomic mass is 31.2. The largest absolute Gasteiger partial charge is 0.456 e. The maximum atomic E-state index is 12.7. The van der Waals surface area contributed by atoms with Gasteiger partial charge in [0.25, 0.3) is 7.37 Å². The Bertz CT molecular complexity index is 562. The molecule has 22 heavy (non-hydrogen) atoms. The Labute approximate surface area is 128 Å². The normalized spacial score (nSPS) is 34.5. The first-order chi connectivity index (χ1) is 10.4. The second-order valence-electron chi connectivity index (χ2n) is 4.99. The first kappa shape index (κ1) is 17.1. The molecule has 0 aliphatic carbocycles. The van der Waals surface area contributed by atoms with Crippen LogP contribution in [-0.2, 0) is 30.0 Å². The van der Waals surface area contributed by atoms with Gasteiger partial charge in [-0.05, 0) is 5.56 Å². The predicted molar refractivity (Wildman–Crippen MR) is 77.2 cm³/mol. The average molecular weight is 330 g/mol. The number of ether oxygens (including phenoxy) is 2. The summed E-state index contributed by atoms with van der Waals surface area (Å²) in [6.07, 6.45) is -2.78. The smallest absolute Gasteiger partial charge is 0.303 e. The van der Waals surface area contributed by atoms with E-state index in [4.69, 9.17) is 14.0 Å². The van der Waals surface area contributed by atoms with E-state index in [-0.39, 0.29) is 6.61 Å². The van der Waals surface area contributed by atoms with E-state index in [0.29, 0.717) is 0 Å². The molecule has 2 rings (SSSR count). The number of hydrogen-bond donors (Lipinski definition) is 2. The van der Waals surface area contributed by atoms with Crippen molar-refractivity contribution in [3.8, 4) is 0 Å². The van der Waals surface area contributed by atoms with Gasteiger partial charge in [-0.2, -0.15) is 0 Å². The second-order valence-corrected chi connectivity index (χ2v) is 7.69.